The molecule has 0 aromatic carbocycles. The molecule has 0 spiro atoms. The van der Waals surface area contributed by atoms with Crippen molar-refractivity contribution < 1.29 is 72.5 Å². The highest BCUT2D eigenvalue weighted by Crippen LogP contribution is 2.39. The molecule has 3 aliphatic heterocycles. The number of rotatable bonds is 14. The van der Waals surface area contributed by atoms with Crippen LogP contribution < -0.4 is 0 Å². The van der Waals surface area contributed by atoms with Crippen molar-refractivity contribution in [2.24, 2.45) is 35.5 Å². The van der Waals surface area contributed by atoms with E-state index in [-0.39, 0.29) is 106 Å². The van der Waals surface area contributed by atoms with E-state index in [2.05, 4.69) is 0 Å². The van der Waals surface area contributed by atoms with Crippen LogP contribution in [0.4, 0.5) is 0 Å². The number of piperidine rings is 1. The van der Waals surface area contributed by atoms with E-state index < -0.39 is 71.7 Å². The molecule has 3 N–H and O–H groups in total. The fraction of sp³-hybridized carbons (Fsp3) is 0.772. The normalized spacial score (nSPS) is 37.3. The Morgan fingerprint density at radius 1 is 0.808 bits per heavy atom. The first kappa shape index (κ1) is 62.1. The molecule has 0 aromatic heterocycles. The lowest BCUT2D eigenvalue weighted by Crippen LogP contribution is -2.59. The fourth-order valence-corrected chi connectivity index (χ4v) is 11.1. The summed E-state index contributed by atoms with van der Waals surface area (Å²) in [7, 11) is 3.02. The van der Waals surface area contributed by atoms with E-state index in [1.54, 1.807) is 34.0 Å². The molecule has 15 atom stereocenters. The number of carbonyl (C=O) groups excluding carboxylic acids is 5. The van der Waals surface area contributed by atoms with Crippen molar-refractivity contribution >= 4 is 29.2 Å². The van der Waals surface area contributed by atoms with Crippen molar-refractivity contribution in [2.45, 2.75) is 187 Å². The number of aliphatic hydroxyl groups excluding tert-OH is 3. The highest BCUT2D eigenvalue weighted by atomic mass is 16.6. The van der Waals surface area contributed by atoms with Crippen LogP contribution in [0.25, 0.3) is 0 Å². The van der Waals surface area contributed by atoms with Crippen molar-refractivity contribution in [3.63, 3.8) is 0 Å². The Hall–Kier alpha value is -3.45. The van der Waals surface area contributed by atoms with Gasteiger partial charge >= 0.3 is 5.97 Å². The van der Waals surface area contributed by atoms with Gasteiger partial charge in [-0.05, 0) is 120 Å². The Morgan fingerprint density at radius 2 is 1.55 bits per heavy atom. The minimum atomic E-state index is -1.49. The summed E-state index contributed by atoms with van der Waals surface area (Å²) < 4.78 is 42.2. The Balaban J connectivity index is 1.71. The van der Waals surface area contributed by atoms with Crippen LogP contribution in [0.15, 0.2) is 47.6 Å². The minimum absolute atomic E-state index is 0.00547. The molecular formula is C57H91NO15. The van der Waals surface area contributed by atoms with Crippen LogP contribution in [-0.2, 0) is 57.1 Å². The number of ether oxygens (including phenoxy) is 7. The van der Waals surface area contributed by atoms with Crippen molar-refractivity contribution in [3.8, 4) is 0 Å². The van der Waals surface area contributed by atoms with E-state index in [1.807, 2.05) is 65.0 Å². The number of cyclic esters (lactones) is 1. The summed E-state index contributed by atoms with van der Waals surface area (Å²) in [5.41, 5.74) is -0.198. The zero-order valence-corrected chi connectivity index (χ0v) is 45.7. The first-order chi connectivity index (χ1) is 34.8. The van der Waals surface area contributed by atoms with Gasteiger partial charge in [0.2, 0.25) is 0 Å². The summed E-state index contributed by atoms with van der Waals surface area (Å²) >= 11 is 0. The number of esters is 1. The highest BCUT2D eigenvalue weighted by Gasteiger charge is 2.51. The number of fused-ring (bicyclic) bond motifs is 3. The molecule has 414 valence electrons. The van der Waals surface area contributed by atoms with Gasteiger partial charge in [0.15, 0.2) is 5.78 Å². The van der Waals surface area contributed by atoms with Crippen LogP contribution in [0, 0.1) is 35.5 Å². The van der Waals surface area contributed by atoms with E-state index in [0.717, 1.165) is 12.0 Å². The standard InChI is InChI=1S/C57H91NO15/c1-36-16-12-11-13-17-37(2)48(71-29-28-69-26-24-59)34-44-21-19-42(7)57(8,73-44)54(64)55(65)58-23-15-14-18-45(58)56(66)72-49(39(4)32-43-20-22-47(70-27-25-60)50(33-43)67-9)35-46(61)38(3)31-41(6)52(63)53(68-10)51(62)40(5)30-36/h11-13,16-17,31,36,38-40,42-45,47-50,52-53,59-60,63H,14-15,18-30,32-35H2,1-10H3/b13-11+,16-12+,37-17+,41-31+/t36-,38-,39-,40-,42-,43+,44+,45+,47-,48+,49+,50-,52-,53+,57-/m1/s1. The average molecular weight is 1030 g/mol. The summed E-state index contributed by atoms with van der Waals surface area (Å²) in [6.45, 7) is 15.6. The molecular weight excluding hydrogens is 939 g/mol. The molecule has 16 heteroatoms. The van der Waals surface area contributed by atoms with Gasteiger partial charge < -0.3 is 53.4 Å². The monoisotopic (exact) mass is 1030 g/mol. The van der Waals surface area contributed by atoms with Crippen molar-refractivity contribution in [1.29, 1.82) is 0 Å². The molecule has 2 saturated heterocycles. The van der Waals surface area contributed by atoms with Crippen LogP contribution in [0.1, 0.15) is 132 Å². The molecule has 4 rings (SSSR count). The molecule has 1 amide bonds. The third-order valence-electron chi connectivity index (χ3n) is 15.8. The molecule has 1 saturated carbocycles. The number of ketones is 3. The summed E-state index contributed by atoms with van der Waals surface area (Å²) in [4.78, 5) is 73.3. The van der Waals surface area contributed by atoms with E-state index in [1.165, 1.54) is 12.0 Å². The number of carbonyl (C=O) groups is 5. The van der Waals surface area contributed by atoms with E-state index in [4.69, 9.17) is 33.2 Å². The maximum Gasteiger partial charge on any atom is 0.329 e. The van der Waals surface area contributed by atoms with Gasteiger partial charge in [0, 0.05) is 45.4 Å². The molecule has 0 aromatic rings. The number of amides is 1. The van der Waals surface area contributed by atoms with Gasteiger partial charge in [-0.3, -0.25) is 19.2 Å². The zero-order chi connectivity index (χ0) is 53.8. The molecule has 3 heterocycles. The number of Topliss-reactive ketones (excluding diaryl/α,β-unsaturated/α-hetero) is 3. The molecule has 16 nitrogen and oxygen atoms in total. The highest BCUT2D eigenvalue weighted by molar-refractivity contribution is 6.39. The quantitative estimate of drug-likeness (QED) is 0.0720. The maximum absolute atomic E-state index is 14.7. The molecule has 2 bridgehead atoms. The third kappa shape index (κ3) is 18.1. The Morgan fingerprint density at radius 3 is 2.25 bits per heavy atom. The lowest BCUT2D eigenvalue weighted by molar-refractivity contribution is -0.185. The minimum Gasteiger partial charge on any atom is -0.460 e. The second-order valence-corrected chi connectivity index (χ2v) is 21.5. The number of hydrogen-bond acceptors (Lipinski definition) is 15. The van der Waals surface area contributed by atoms with Gasteiger partial charge in [-0.1, -0.05) is 71.1 Å². The number of aliphatic hydroxyl groups is 3. The van der Waals surface area contributed by atoms with Gasteiger partial charge in [0.1, 0.15) is 35.7 Å². The maximum atomic E-state index is 14.7. The zero-order valence-electron chi connectivity index (χ0n) is 45.7. The summed E-state index contributed by atoms with van der Waals surface area (Å²) in [6, 6.07) is -1.06. The van der Waals surface area contributed by atoms with Crippen LogP contribution in [0.2, 0.25) is 0 Å². The topological polar surface area (TPSA) is 214 Å². The molecule has 0 radical (unpaired) electrons. The van der Waals surface area contributed by atoms with Gasteiger partial charge in [0.25, 0.3) is 11.7 Å². The van der Waals surface area contributed by atoms with Crippen LogP contribution >= 0.6 is 0 Å². The van der Waals surface area contributed by atoms with Gasteiger partial charge in [0.05, 0.1) is 64.1 Å². The van der Waals surface area contributed by atoms with Crippen molar-refractivity contribution in [3.05, 3.63) is 47.6 Å². The lowest BCUT2D eigenvalue weighted by Gasteiger charge is -2.44. The van der Waals surface area contributed by atoms with Gasteiger partial charge in [-0.25, -0.2) is 4.79 Å². The SMILES string of the molecule is CO[C@@H]1C[C@H](C[C@@H](C)[C@@H]2CC(=O)[C@H](C)/C=C(\C)[C@@H](O)[C@@H](OC)C(=O)[C@H](C)C[C@H](C)/C=C/C=C/C=C(\C)[C@@H](OCCOCCO)C[C@@H]3CC[C@@H](C)[C@@](C)(O3)C(=O)C(=O)N3CCCC[C@H]3C(=O)O2)CC[C@H]1OCCO. The number of nitrogens with zero attached hydrogens (tertiary/aromatic N) is 1. The molecule has 1 aliphatic carbocycles. The van der Waals surface area contributed by atoms with Crippen molar-refractivity contribution in [1.82, 2.24) is 4.90 Å². The summed E-state index contributed by atoms with van der Waals surface area (Å²) in [5, 5.41) is 30.1. The van der Waals surface area contributed by atoms with Crippen LogP contribution in [0.3, 0.4) is 0 Å². The summed E-state index contributed by atoms with van der Waals surface area (Å²) in [6.07, 6.45) is 12.9. The van der Waals surface area contributed by atoms with E-state index in [0.29, 0.717) is 63.4 Å². The van der Waals surface area contributed by atoms with E-state index in [9.17, 15) is 39.3 Å². The van der Waals surface area contributed by atoms with Crippen LogP contribution in [0.5, 0.6) is 0 Å². The fourth-order valence-electron chi connectivity index (χ4n) is 11.1. The Bertz CT molecular complexity index is 1900. The Labute approximate surface area is 435 Å². The molecule has 4 aliphatic rings. The smallest absolute Gasteiger partial charge is 0.329 e. The van der Waals surface area contributed by atoms with E-state index >= 15 is 0 Å². The van der Waals surface area contributed by atoms with Crippen molar-refractivity contribution in [2.75, 3.05) is 60.4 Å². The van der Waals surface area contributed by atoms with Gasteiger partial charge in [-0.15, -0.1) is 0 Å². The van der Waals surface area contributed by atoms with Crippen LogP contribution in [-0.4, -0.2) is 164 Å². The third-order valence-corrected chi connectivity index (χ3v) is 15.8. The predicted molar refractivity (Wildman–Crippen MR) is 276 cm³/mol. The average Bonchev–Trinajstić information content (AvgIpc) is 3.37. The predicted octanol–water partition coefficient (Wildman–Crippen LogP) is 6.65. The second kappa shape index (κ2) is 30.9. The first-order valence-electron chi connectivity index (χ1n) is 27.1. The summed E-state index contributed by atoms with van der Waals surface area (Å²) in [5.74, 6) is -4.38. The number of methoxy groups -OCH3 is 2. The molecule has 3 fully saturated rings. The largest absolute Gasteiger partial charge is 0.460 e. The molecule has 0 unspecified atom stereocenters. The lowest BCUT2D eigenvalue weighted by atomic mass is 9.78. The van der Waals surface area contributed by atoms with Gasteiger partial charge in [-0.2, -0.15) is 0 Å². The number of hydrogen-bond donors (Lipinski definition) is 3. The number of allylic oxidation sites excluding steroid dienone is 6. The molecule has 73 heavy (non-hydrogen) atoms. The second-order valence-electron chi connectivity index (χ2n) is 21.5. The Kier molecular flexibility index (Phi) is 26.3. The first-order valence-corrected chi connectivity index (χ1v) is 27.1.